The number of amides is 2. The van der Waals surface area contributed by atoms with Crippen molar-refractivity contribution in [2.24, 2.45) is 5.73 Å². The molecule has 0 aliphatic carbocycles. The van der Waals surface area contributed by atoms with Crippen LogP contribution in [0, 0.1) is 0 Å². The Bertz CT molecular complexity index is 635. The van der Waals surface area contributed by atoms with Gasteiger partial charge in [-0.2, -0.15) is 0 Å². The van der Waals surface area contributed by atoms with Crippen LogP contribution in [0.15, 0.2) is 18.2 Å². The van der Waals surface area contributed by atoms with Crippen molar-refractivity contribution in [1.29, 1.82) is 0 Å². The fourth-order valence-electron chi connectivity index (χ4n) is 3.33. The summed E-state index contributed by atoms with van der Waals surface area (Å²) in [5, 5.41) is 2.88. The highest BCUT2D eigenvalue weighted by atomic mass is 16.6. The summed E-state index contributed by atoms with van der Waals surface area (Å²) in [5.74, 6) is 0.992. The van der Waals surface area contributed by atoms with Crippen molar-refractivity contribution >= 4 is 11.8 Å². The molecular weight excluding hydrogens is 322 g/mol. The average molecular weight is 347 g/mol. The predicted molar refractivity (Wildman–Crippen MR) is 92.8 cm³/mol. The Balaban J connectivity index is 1.74. The fourth-order valence-corrected chi connectivity index (χ4v) is 3.33. The number of carbonyl (C=O) groups is 2. The van der Waals surface area contributed by atoms with E-state index in [9.17, 15) is 9.59 Å². The minimum atomic E-state index is -0.0747. The summed E-state index contributed by atoms with van der Waals surface area (Å²) in [6.07, 6.45) is 3.19. The normalized spacial score (nSPS) is 19.4. The second kappa shape index (κ2) is 8.20. The molecule has 2 aliphatic heterocycles. The maximum Gasteiger partial charge on any atom is 0.258 e. The van der Waals surface area contributed by atoms with Gasteiger partial charge in [0.05, 0.1) is 5.56 Å². The number of piperidine rings is 1. The minimum Gasteiger partial charge on any atom is -0.486 e. The van der Waals surface area contributed by atoms with Crippen molar-refractivity contribution in [3.63, 3.8) is 0 Å². The van der Waals surface area contributed by atoms with Crippen LogP contribution in [0.3, 0.4) is 0 Å². The number of nitrogens with two attached hydrogens (primary N) is 1. The zero-order chi connectivity index (χ0) is 17.6. The molecule has 1 unspecified atom stereocenters. The first-order valence-corrected chi connectivity index (χ1v) is 8.87. The molecule has 0 aromatic heterocycles. The molecule has 2 aliphatic rings. The number of rotatable bonds is 5. The van der Waals surface area contributed by atoms with Crippen molar-refractivity contribution in [2.75, 3.05) is 32.8 Å². The third kappa shape index (κ3) is 4.04. The Morgan fingerprint density at radius 3 is 2.92 bits per heavy atom. The lowest BCUT2D eigenvalue weighted by molar-refractivity contribution is -0.121. The monoisotopic (exact) mass is 347 g/mol. The van der Waals surface area contributed by atoms with E-state index in [0.717, 1.165) is 19.3 Å². The Hall–Kier alpha value is -2.28. The number of nitrogens with one attached hydrogen (secondary N) is 1. The van der Waals surface area contributed by atoms with Crippen LogP contribution in [-0.2, 0) is 4.79 Å². The van der Waals surface area contributed by atoms with Gasteiger partial charge in [-0.15, -0.1) is 0 Å². The predicted octanol–water partition coefficient (Wildman–Crippen LogP) is 0.918. The third-order valence-electron chi connectivity index (χ3n) is 4.59. The molecule has 0 bridgehead atoms. The van der Waals surface area contributed by atoms with Gasteiger partial charge in [0.15, 0.2) is 11.5 Å². The van der Waals surface area contributed by atoms with Crippen LogP contribution >= 0.6 is 0 Å². The highest BCUT2D eigenvalue weighted by Crippen LogP contribution is 2.35. The maximum atomic E-state index is 13.1. The maximum absolute atomic E-state index is 13.1. The van der Waals surface area contributed by atoms with Gasteiger partial charge in [0.1, 0.15) is 13.2 Å². The highest BCUT2D eigenvalue weighted by molar-refractivity contribution is 5.98. The van der Waals surface area contributed by atoms with Gasteiger partial charge >= 0.3 is 0 Å². The molecule has 3 rings (SSSR count). The summed E-state index contributed by atoms with van der Waals surface area (Å²) in [5.41, 5.74) is 5.93. The molecule has 2 heterocycles. The summed E-state index contributed by atoms with van der Waals surface area (Å²) in [4.78, 5) is 26.6. The Morgan fingerprint density at radius 1 is 1.24 bits per heavy atom. The second-order valence-electron chi connectivity index (χ2n) is 6.32. The van der Waals surface area contributed by atoms with Crippen LogP contribution in [0.25, 0.3) is 0 Å². The van der Waals surface area contributed by atoms with Crippen molar-refractivity contribution in [1.82, 2.24) is 10.2 Å². The molecule has 7 nitrogen and oxygen atoms in total. The Morgan fingerprint density at radius 2 is 2.08 bits per heavy atom. The van der Waals surface area contributed by atoms with E-state index < -0.39 is 0 Å². The summed E-state index contributed by atoms with van der Waals surface area (Å²) >= 11 is 0. The van der Waals surface area contributed by atoms with Crippen LogP contribution < -0.4 is 20.5 Å². The van der Waals surface area contributed by atoms with Gasteiger partial charge in [-0.1, -0.05) is 6.07 Å². The molecule has 2 amide bonds. The second-order valence-corrected chi connectivity index (χ2v) is 6.32. The van der Waals surface area contributed by atoms with Gasteiger partial charge in [0.2, 0.25) is 5.91 Å². The van der Waals surface area contributed by atoms with Gasteiger partial charge in [0, 0.05) is 32.1 Å². The van der Waals surface area contributed by atoms with Gasteiger partial charge < -0.3 is 25.4 Å². The first kappa shape index (κ1) is 17.5. The number of fused-ring (bicyclic) bond motifs is 1. The smallest absolute Gasteiger partial charge is 0.258 e. The van der Waals surface area contributed by atoms with Crippen LogP contribution in [0.1, 0.15) is 36.0 Å². The summed E-state index contributed by atoms with van der Waals surface area (Å²) in [6, 6.07) is 5.38. The van der Waals surface area contributed by atoms with E-state index in [1.54, 1.807) is 6.07 Å². The van der Waals surface area contributed by atoms with Crippen molar-refractivity contribution in [3.8, 4) is 11.5 Å². The Kier molecular flexibility index (Phi) is 5.75. The number of likely N-dealkylation sites (tertiary alicyclic amines) is 1. The minimum absolute atomic E-state index is 0.0108. The van der Waals surface area contributed by atoms with Gasteiger partial charge in [0.25, 0.3) is 5.91 Å². The lowest BCUT2D eigenvalue weighted by atomic mass is 10.00. The number of carbonyl (C=O) groups excluding carboxylic acids is 2. The summed E-state index contributed by atoms with van der Waals surface area (Å²) in [6.45, 7) is 2.39. The van der Waals surface area contributed by atoms with Crippen molar-refractivity contribution in [2.45, 2.75) is 31.7 Å². The lowest BCUT2D eigenvalue weighted by Crippen LogP contribution is -2.49. The van der Waals surface area contributed by atoms with E-state index in [0.29, 0.717) is 56.3 Å². The quantitative estimate of drug-likeness (QED) is 0.826. The molecular formula is C18H25N3O4. The SMILES string of the molecule is NCCC(=O)NCC1CCCCN1C(=O)c1cccc2c1OCCO2. The van der Waals surface area contributed by atoms with E-state index in [4.69, 9.17) is 15.2 Å². The lowest BCUT2D eigenvalue weighted by Gasteiger charge is -2.36. The van der Waals surface area contributed by atoms with Gasteiger partial charge in [-0.05, 0) is 31.4 Å². The van der Waals surface area contributed by atoms with Crippen LogP contribution in [-0.4, -0.2) is 55.6 Å². The molecule has 1 saturated heterocycles. The first-order chi connectivity index (χ1) is 12.2. The Labute approximate surface area is 147 Å². The number of ether oxygens (including phenoxy) is 2. The number of hydrogen-bond acceptors (Lipinski definition) is 5. The van der Waals surface area contributed by atoms with Crippen LogP contribution in [0.2, 0.25) is 0 Å². The fraction of sp³-hybridized carbons (Fsp3) is 0.556. The molecule has 1 aromatic rings. The van der Waals surface area contributed by atoms with Crippen LogP contribution in [0.4, 0.5) is 0 Å². The first-order valence-electron chi connectivity index (χ1n) is 8.87. The molecule has 1 fully saturated rings. The number of hydrogen-bond donors (Lipinski definition) is 2. The molecule has 1 aromatic carbocycles. The molecule has 0 spiro atoms. The standard InChI is InChI=1S/C18H25N3O4/c19-8-7-16(22)20-12-13-4-1-2-9-21(13)18(23)14-5-3-6-15-17(14)25-11-10-24-15/h3,5-6,13H,1-2,4,7-12,19H2,(H,20,22). The third-order valence-corrected chi connectivity index (χ3v) is 4.59. The molecule has 7 heteroatoms. The van der Waals surface area contributed by atoms with E-state index >= 15 is 0 Å². The van der Waals surface area contributed by atoms with Crippen molar-refractivity contribution in [3.05, 3.63) is 23.8 Å². The van der Waals surface area contributed by atoms with Gasteiger partial charge in [-0.3, -0.25) is 9.59 Å². The zero-order valence-corrected chi connectivity index (χ0v) is 14.3. The zero-order valence-electron chi connectivity index (χ0n) is 14.3. The molecule has 3 N–H and O–H groups in total. The van der Waals surface area contributed by atoms with Gasteiger partial charge in [-0.25, -0.2) is 0 Å². The van der Waals surface area contributed by atoms with E-state index in [1.807, 2.05) is 17.0 Å². The summed E-state index contributed by atoms with van der Waals surface area (Å²) in [7, 11) is 0. The van der Waals surface area contributed by atoms with Crippen molar-refractivity contribution < 1.29 is 19.1 Å². The molecule has 0 saturated carbocycles. The average Bonchev–Trinajstić information content (AvgIpc) is 2.66. The number of para-hydroxylation sites is 1. The van der Waals surface area contributed by atoms with Crippen LogP contribution in [0.5, 0.6) is 11.5 Å². The highest BCUT2D eigenvalue weighted by Gasteiger charge is 2.30. The summed E-state index contributed by atoms with van der Waals surface area (Å²) < 4.78 is 11.2. The largest absolute Gasteiger partial charge is 0.486 e. The van der Waals surface area contributed by atoms with E-state index in [1.165, 1.54) is 0 Å². The molecule has 136 valence electrons. The molecule has 0 radical (unpaired) electrons. The van der Waals surface area contributed by atoms with E-state index in [-0.39, 0.29) is 17.9 Å². The number of benzene rings is 1. The van der Waals surface area contributed by atoms with E-state index in [2.05, 4.69) is 5.32 Å². The molecule has 1 atom stereocenters. The number of nitrogens with zero attached hydrogens (tertiary/aromatic N) is 1. The topological polar surface area (TPSA) is 93.9 Å². The molecule has 25 heavy (non-hydrogen) atoms.